The van der Waals surface area contributed by atoms with Crippen molar-refractivity contribution in [1.29, 1.82) is 0 Å². The summed E-state index contributed by atoms with van der Waals surface area (Å²) in [6, 6.07) is 14.4. The number of aryl methyl sites for hydroxylation is 1. The lowest BCUT2D eigenvalue weighted by Gasteiger charge is -2.23. The van der Waals surface area contributed by atoms with Gasteiger partial charge in [0.1, 0.15) is 0 Å². The van der Waals surface area contributed by atoms with Crippen molar-refractivity contribution in [2.75, 3.05) is 6.54 Å². The fraction of sp³-hybridized carbons (Fsp3) is 0.400. The Bertz CT molecular complexity index is 1050. The Labute approximate surface area is 185 Å². The molecule has 0 saturated heterocycles. The number of amides is 1. The molecule has 2 aliphatic rings. The van der Waals surface area contributed by atoms with Gasteiger partial charge < -0.3 is 5.32 Å². The predicted molar refractivity (Wildman–Crippen MR) is 122 cm³/mol. The van der Waals surface area contributed by atoms with Crippen LogP contribution in [-0.2, 0) is 16.6 Å². The van der Waals surface area contributed by atoms with E-state index in [9.17, 15) is 13.2 Å². The average molecular weight is 439 g/mol. The minimum absolute atomic E-state index is 0.0423. The number of fused-ring (bicyclic) bond motifs is 2. The third kappa shape index (κ3) is 4.75. The van der Waals surface area contributed by atoms with Crippen molar-refractivity contribution in [3.05, 3.63) is 77.9 Å². The number of nitrogens with zero attached hydrogens (tertiary/aromatic N) is 1. The molecular weight excluding hydrogens is 408 g/mol. The van der Waals surface area contributed by atoms with Crippen LogP contribution in [0.2, 0.25) is 0 Å². The highest BCUT2D eigenvalue weighted by Gasteiger charge is 2.40. The molecule has 2 aromatic rings. The molecule has 1 N–H and O–H groups in total. The average Bonchev–Trinajstić information content (AvgIpc) is 3.37. The van der Waals surface area contributed by atoms with E-state index in [2.05, 4.69) is 11.9 Å². The summed E-state index contributed by atoms with van der Waals surface area (Å²) in [6.45, 7) is 6.06. The molecule has 0 spiro atoms. The van der Waals surface area contributed by atoms with E-state index in [-0.39, 0.29) is 23.9 Å². The molecule has 1 amide bonds. The molecule has 5 nitrogen and oxygen atoms in total. The lowest BCUT2D eigenvalue weighted by molar-refractivity contribution is 0.0923. The second kappa shape index (κ2) is 8.97. The van der Waals surface area contributed by atoms with Gasteiger partial charge in [-0.1, -0.05) is 42.3 Å². The molecule has 0 heterocycles. The lowest BCUT2D eigenvalue weighted by Crippen LogP contribution is -2.38. The van der Waals surface area contributed by atoms with Crippen molar-refractivity contribution in [2.45, 2.75) is 50.1 Å². The normalized spacial score (nSPS) is 22.6. The summed E-state index contributed by atoms with van der Waals surface area (Å²) in [7, 11) is -3.64. The molecule has 2 fully saturated rings. The van der Waals surface area contributed by atoms with Gasteiger partial charge in [0.05, 0.1) is 4.90 Å². The maximum atomic E-state index is 13.1. The van der Waals surface area contributed by atoms with E-state index in [0.29, 0.717) is 17.5 Å². The highest BCUT2D eigenvalue weighted by atomic mass is 32.2. The molecule has 2 aromatic carbocycles. The van der Waals surface area contributed by atoms with Crippen LogP contribution >= 0.6 is 0 Å². The highest BCUT2D eigenvalue weighted by Crippen LogP contribution is 2.44. The van der Waals surface area contributed by atoms with Gasteiger partial charge >= 0.3 is 0 Å². The first-order valence-electron chi connectivity index (χ1n) is 10.9. The van der Waals surface area contributed by atoms with Crippen LogP contribution in [0.1, 0.15) is 47.2 Å². The van der Waals surface area contributed by atoms with Gasteiger partial charge in [-0.25, -0.2) is 8.42 Å². The molecule has 164 valence electrons. The van der Waals surface area contributed by atoms with Crippen molar-refractivity contribution in [1.82, 2.24) is 9.62 Å². The Balaban J connectivity index is 1.44. The second-order valence-electron chi connectivity index (χ2n) is 8.85. The fourth-order valence-corrected chi connectivity index (χ4v) is 6.29. The number of hydrogen-bond acceptors (Lipinski definition) is 3. The van der Waals surface area contributed by atoms with E-state index >= 15 is 0 Å². The van der Waals surface area contributed by atoms with Gasteiger partial charge in [-0.2, -0.15) is 4.31 Å². The molecule has 0 aromatic heterocycles. The molecule has 3 atom stereocenters. The number of carbonyl (C=O) groups excluding carboxylic acids is 1. The first kappa shape index (κ1) is 21.8. The summed E-state index contributed by atoms with van der Waals surface area (Å²) < 4.78 is 27.6. The van der Waals surface area contributed by atoms with Crippen LogP contribution in [0.25, 0.3) is 0 Å². The van der Waals surface area contributed by atoms with Crippen LogP contribution in [0.3, 0.4) is 0 Å². The molecule has 2 bridgehead atoms. The first-order chi connectivity index (χ1) is 14.9. The highest BCUT2D eigenvalue weighted by molar-refractivity contribution is 7.89. The maximum Gasteiger partial charge on any atom is 0.251 e. The number of nitrogens with one attached hydrogen (secondary N) is 1. The number of rotatable bonds is 8. The Hall–Kier alpha value is -2.44. The van der Waals surface area contributed by atoms with Crippen molar-refractivity contribution in [2.24, 2.45) is 11.8 Å². The van der Waals surface area contributed by atoms with Crippen LogP contribution in [-0.4, -0.2) is 31.2 Å². The molecule has 0 unspecified atom stereocenters. The summed E-state index contributed by atoms with van der Waals surface area (Å²) in [5.41, 5.74) is 2.45. The minimum atomic E-state index is -3.64. The summed E-state index contributed by atoms with van der Waals surface area (Å²) in [5, 5.41) is 3.20. The van der Waals surface area contributed by atoms with Crippen LogP contribution in [0.4, 0.5) is 0 Å². The largest absolute Gasteiger partial charge is 0.349 e. The third-order valence-corrected chi connectivity index (χ3v) is 8.45. The first-order valence-corrected chi connectivity index (χ1v) is 12.4. The van der Waals surface area contributed by atoms with Crippen molar-refractivity contribution >= 4 is 15.9 Å². The number of carbonyl (C=O) groups is 1. The SMILES string of the molecule is C=CCN(Cc1ccc(C(=O)N[C@@H]2C[C@H]3CC[C@H]2C3)cc1)S(=O)(=O)c1ccc(C)cc1. The van der Waals surface area contributed by atoms with Gasteiger partial charge in [0.25, 0.3) is 5.91 Å². The quantitative estimate of drug-likeness (QED) is 0.625. The molecule has 0 aliphatic heterocycles. The molecule has 2 saturated carbocycles. The van der Waals surface area contributed by atoms with E-state index in [1.54, 1.807) is 42.5 Å². The third-order valence-electron chi connectivity index (χ3n) is 6.62. The Kier molecular flexibility index (Phi) is 6.30. The summed E-state index contributed by atoms with van der Waals surface area (Å²) in [4.78, 5) is 12.9. The molecule has 31 heavy (non-hydrogen) atoms. The van der Waals surface area contributed by atoms with Crippen molar-refractivity contribution < 1.29 is 13.2 Å². The zero-order valence-electron chi connectivity index (χ0n) is 18.0. The molecule has 0 radical (unpaired) electrons. The summed E-state index contributed by atoms with van der Waals surface area (Å²) in [6.07, 6.45) is 6.46. The van der Waals surface area contributed by atoms with Crippen LogP contribution in [0, 0.1) is 18.8 Å². The summed E-state index contributed by atoms with van der Waals surface area (Å²) >= 11 is 0. The monoisotopic (exact) mass is 438 g/mol. The van der Waals surface area contributed by atoms with E-state index in [1.165, 1.54) is 23.6 Å². The van der Waals surface area contributed by atoms with Gasteiger partial charge in [-0.05, 0) is 67.9 Å². The second-order valence-corrected chi connectivity index (χ2v) is 10.8. The topological polar surface area (TPSA) is 66.5 Å². The van der Waals surface area contributed by atoms with E-state index in [1.807, 2.05) is 19.1 Å². The Morgan fingerprint density at radius 3 is 2.39 bits per heavy atom. The fourth-order valence-electron chi connectivity index (χ4n) is 4.89. The minimum Gasteiger partial charge on any atom is -0.349 e. The van der Waals surface area contributed by atoms with E-state index in [0.717, 1.165) is 23.5 Å². The lowest BCUT2D eigenvalue weighted by atomic mass is 9.95. The van der Waals surface area contributed by atoms with Crippen molar-refractivity contribution in [3.8, 4) is 0 Å². The van der Waals surface area contributed by atoms with Gasteiger partial charge in [-0.15, -0.1) is 6.58 Å². The Morgan fingerprint density at radius 2 is 1.81 bits per heavy atom. The van der Waals surface area contributed by atoms with Crippen LogP contribution < -0.4 is 5.32 Å². The predicted octanol–water partition coefficient (Wildman–Crippen LogP) is 4.29. The number of benzene rings is 2. The summed E-state index contributed by atoms with van der Waals surface area (Å²) in [5.74, 6) is 1.37. The Morgan fingerprint density at radius 1 is 1.10 bits per heavy atom. The van der Waals surface area contributed by atoms with E-state index < -0.39 is 10.0 Å². The van der Waals surface area contributed by atoms with Crippen molar-refractivity contribution in [3.63, 3.8) is 0 Å². The maximum absolute atomic E-state index is 13.1. The van der Waals surface area contributed by atoms with Crippen LogP contribution in [0.15, 0.2) is 66.1 Å². The van der Waals surface area contributed by atoms with Gasteiger partial charge in [-0.3, -0.25) is 4.79 Å². The zero-order valence-corrected chi connectivity index (χ0v) is 18.8. The molecule has 6 heteroatoms. The standard InChI is InChI=1S/C25H30N2O3S/c1-3-14-27(31(29,30)23-12-4-18(2)5-13-23)17-19-6-9-21(10-7-19)25(28)26-24-16-20-8-11-22(24)15-20/h3-7,9-10,12-13,20,22,24H,1,8,11,14-17H2,2H3,(H,26,28)/t20-,22-,24+/m0/s1. The zero-order chi connectivity index (χ0) is 22.0. The van der Waals surface area contributed by atoms with Crippen LogP contribution in [0.5, 0.6) is 0 Å². The molecule has 4 rings (SSSR count). The number of sulfonamides is 1. The number of hydrogen-bond donors (Lipinski definition) is 1. The van der Waals surface area contributed by atoms with Gasteiger partial charge in [0, 0.05) is 24.7 Å². The van der Waals surface area contributed by atoms with Gasteiger partial charge in [0.15, 0.2) is 0 Å². The van der Waals surface area contributed by atoms with Gasteiger partial charge in [0.2, 0.25) is 10.0 Å². The molecular formula is C25H30N2O3S. The molecule has 2 aliphatic carbocycles. The van der Waals surface area contributed by atoms with E-state index in [4.69, 9.17) is 0 Å². The smallest absolute Gasteiger partial charge is 0.251 e.